The van der Waals surface area contributed by atoms with E-state index in [1.807, 2.05) is 32.9 Å². The fourth-order valence-electron chi connectivity index (χ4n) is 1.85. The predicted molar refractivity (Wildman–Crippen MR) is 60.0 cm³/mol. The van der Waals surface area contributed by atoms with Crippen LogP contribution in [0.5, 0.6) is 0 Å². The molecule has 0 unspecified atom stereocenters. The maximum atomic E-state index is 10.2. The number of benzene rings is 1. The Hall–Kier alpha value is -0.570. The van der Waals surface area contributed by atoms with Crippen LogP contribution in [-0.2, 0) is 4.74 Å². The average molecular weight is 227 g/mol. The Morgan fingerprint density at radius 2 is 1.67 bits per heavy atom. The van der Waals surface area contributed by atoms with E-state index in [0.717, 1.165) is 5.56 Å². The summed E-state index contributed by atoms with van der Waals surface area (Å²) in [5.74, 6) is 0. The number of aliphatic hydroxyl groups is 1. The predicted octanol–water partition coefficient (Wildman–Crippen LogP) is 2.94. The minimum Gasteiger partial charge on any atom is -0.385 e. The van der Waals surface area contributed by atoms with Gasteiger partial charge in [0.1, 0.15) is 11.7 Å². The summed E-state index contributed by atoms with van der Waals surface area (Å²) in [5.41, 5.74) is 0.0971. The molecule has 2 atom stereocenters. The largest absolute Gasteiger partial charge is 0.385 e. The van der Waals surface area contributed by atoms with Gasteiger partial charge in [-0.05, 0) is 38.5 Å². The Kier molecular flexibility index (Phi) is 2.34. The Bertz CT molecular complexity index is 372. The van der Waals surface area contributed by atoms with Crippen LogP contribution in [0.3, 0.4) is 0 Å². The van der Waals surface area contributed by atoms with Crippen molar-refractivity contribution >= 4 is 11.6 Å². The van der Waals surface area contributed by atoms with Crippen molar-refractivity contribution in [2.45, 2.75) is 38.1 Å². The van der Waals surface area contributed by atoms with Crippen molar-refractivity contribution in [3.63, 3.8) is 0 Å². The van der Waals surface area contributed by atoms with Gasteiger partial charge in [-0.3, -0.25) is 0 Å². The lowest BCUT2D eigenvalue weighted by Gasteiger charge is -2.17. The first-order valence-electron chi connectivity index (χ1n) is 5.00. The Balaban J connectivity index is 2.23. The van der Waals surface area contributed by atoms with Gasteiger partial charge in [0.05, 0.1) is 5.60 Å². The third kappa shape index (κ3) is 1.67. The quantitative estimate of drug-likeness (QED) is 0.787. The van der Waals surface area contributed by atoms with Gasteiger partial charge >= 0.3 is 0 Å². The van der Waals surface area contributed by atoms with Crippen LogP contribution in [0.15, 0.2) is 24.3 Å². The lowest BCUT2D eigenvalue weighted by atomic mass is 9.88. The van der Waals surface area contributed by atoms with Crippen LogP contribution in [0.4, 0.5) is 0 Å². The number of halogens is 1. The lowest BCUT2D eigenvalue weighted by Crippen LogP contribution is -2.25. The molecule has 0 saturated carbocycles. The smallest absolute Gasteiger partial charge is 0.124 e. The highest BCUT2D eigenvalue weighted by atomic mass is 35.5. The molecule has 1 fully saturated rings. The lowest BCUT2D eigenvalue weighted by molar-refractivity contribution is 0.0849. The van der Waals surface area contributed by atoms with E-state index in [1.165, 1.54) is 0 Å². The third-order valence-electron chi connectivity index (χ3n) is 3.33. The van der Waals surface area contributed by atoms with Gasteiger partial charge in [-0.1, -0.05) is 23.7 Å². The summed E-state index contributed by atoms with van der Waals surface area (Å²) in [6.07, 6.45) is -0.607. The molecule has 0 radical (unpaired) electrons. The van der Waals surface area contributed by atoms with Crippen molar-refractivity contribution in [1.29, 1.82) is 0 Å². The van der Waals surface area contributed by atoms with E-state index in [2.05, 4.69) is 0 Å². The van der Waals surface area contributed by atoms with Gasteiger partial charge < -0.3 is 9.84 Å². The second-order valence-corrected chi connectivity index (χ2v) is 5.11. The van der Waals surface area contributed by atoms with Gasteiger partial charge in [0.15, 0.2) is 0 Å². The normalized spacial score (nSPS) is 29.9. The number of epoxide rings is 1. The van der Waals surface area contributed by atoms with Gasteiger partial charge in [0.25, 0.3) is 0 Å². The molecule has 3 heteroatoms. The molecule has 1 aromatic carbocycles. The molecule has 1 aliphatic heterocycles. The van der Waals surface area contributed by atoms with Crippen molar-refractivity contribution in [2.75, 3.05) is 0 Å². The zero-order valence-electron chi connectivity index (χ0n) is 9.12. The van der Waals surface area contributed by atoms with E-state index in [9.17, 15) is 5.11 Å². The van der Waals surface area contributed by atoms with Crippen molar-refractivity contribution in [2.24, 2.45) is 0 Å². The van der Waals surface area contributed by atoms with Crippen LogP contribution < -0.4 is 0 Å². The topological polar surface area (TPSA) is 32.8 Å². The molecule has 15 heavy (non-hydrogen) atoms. The molecule has 0 amide bonds. The molecule has 1 N–H and O–H groups in total. The van der Waals surface area contributed by atoms with Crippen molar-refractivity contribution in [3.05, 3.63) is 34.9 Å². The van der Waals surface area contributed by atoms with Crippen molar-refractivity contribution in [3.8, 4) is 0 Å². The first-order valence-corrected chi connectivity index (χ1v) is 5.38. The van der Waals surface area contributed by atoms with Crippen molar-refractivity contribution in [1.82, 2.24) is 0 Å². The van der Waals surface area contributed by atoms with E-state index in [0.29, 0.717) is 5.02 Å². The molecular formula is C12H15ClO2. The number of ether oxygens (including phenoxy) is 1. The molecule has 1 saturated heterocycles. The number of rotatable bonds is 2. The van der Waals surface area contributed by atoms with Crippen molar-refractivity contribution < 1.29 is 9.84 Å². The molecule has 1 aromatic rings. The van der Waals surface area contributed by atoms with E-state index < -0.39 is 11.7 Å². The van der Waals surface area contributed by atoms with Crippen LogP contribution in [0, 0.1) is 0 Å². The molecular weight excluding hydrogens is 212 g/mol. The summed E-state index contributed by atoms with van der Waals surface area (Å²) in [6.45, 7) is 5.88. The monoisotopic (exact) mass is 226 g/mol. The van der Waals surface area contributed by atoms with Crippen LogP contribution in [0.25, 0.3) is 0 Å². The fourth-order valence-corrected chi connectivity index (χ4v) is 1.98. The highest BCUT2D eigenvalue weighted by molar-refractivity contribution is 6.30. The zero-order valence-corrected chi connectivity index (χ0v) is 9.88. The van der Waals surface area contributed by atoms with Crippen LogP contribution in [-0.4, -0.2) is 16.3 Å². The minimum absolute atomic E-state index is 0.258. The first kappa shape index (κ1) is 10.9. The summed E-state index contributed by atoms with van der Waals surface area (Å²) in [4.78, 5) is 0. The van der Waals surface area contributed by atoms with E-state index in [-0.39, 0.29) is 5.60 Å². The Morgan fingerprint density at radius 1 is 1.20 bits per heavy atom. The summed E-state index contributed by atoms with van der Waals surface area (Å²) >= 11 is 5.79. The molecule has 1 heterocycles. The molecule has 1 aliphatic rings. The van der Waals surface area contributed by atoms with E-state index >= 15 is 0 Å². The van der Waals surface area contributed by atoms with E-state index in [1.54, 1.807) is 12.1 Å². The standard InChI is InChI=1S/C12H15ClO2/c1-11(2)12(3,15-11)10(14)8-4-6-9(13)7-5-8/h4-7,10,14H,1-3H3/t10-,12-/m1/s1. The average Bonchev–Trinajstić information content (AvgIpc) is 2.67. The summed E-state index contributed by atoms with van der Waals surface area (Å²) < 4.78 is 5.56. The number of hydrogen-bond acceptors (Lipinski definition) is 2. The molecule has 2 nitrogen and oxygen atoms in total. The first-order chi connectivity index (χ1) is 6.87. The van der Waals surface area contributed by atoms with E-state index in [4.69, 9.17) is 16.3 Å². The van der Waals surface area contributed by atoms with Gasteiger partial charge in [0.2, 0.25) is 0 Å². The molecule has 2 rings (SSSR count). The molecule has 0 bridgehead atoms. The highest BCUT2D eigenvalue weighted by Crippen LogP contribution is 2.54. The second kappa shape index (κ2) is 3.21. The van der Waals surface area contributed by atoms with Gasteiger partial charge in [-0.15, -0.1) is 0 Å². The van der Waals surface area contributed by atoms with Crippen LogP contribution in [0.2, 0.25) is 5.02 Å². The maximum Gasteiger partial charge on any atom is 0.124 e. The fraction of sp³-hybridized carbons (Fsp3) is 0.500. The molecule has 0 spiro atoms. The second-order valence-electron chi connectivity index (χ2n) is 4.67. The summed E-state index contributed by atoms with van der Waals surface area (Å²) in [5, 5.41) is 10.9. The minimum atomic E-state index is -0.607. The summed E-state index contributed by atoms with van der Waals surface area (Å²) in [7, 11) is 0. The highest BCUT2D eigenvalue weighted by Gasteiger charge is 2.64. The molecule has 82 valence electrons. The van der Waals surface area contributed by atoms with Gasteiger partial charge in [0, 0.05) is 5.02 Å². The van der Waals surface area contributed by atoms with Crippen LogP contribution in [0.1, 0.15) is 32.4 Å². The zero-order chi connectivity index (χ0) is 11.3. The molecule has 0 aromatic heterocycles. The van der Waals surface area contributed by atoms with Crippen LogP contribution >= 0.6 is 11.6 Å². The molecule has 0 aliphatic carbocycles. The maximum absolute atomic E-state index is 10.2. The number of aliphatic hydroxyl groups excluding tert-OH is 1. The summed E-state index contributed by atoms with van der Waals surface area (Å²) in [6, 6.07) is 7.21. The van der Waals surface area contributed by atoms with Gasteiger partial charge in [-0.25, -0.2) is 0 Å². The number of hydrogen-bond donors (Lipinski definition) is 1. The third-order valence-corrected chi connectivity index (χ3v) is 3.58. The SMILES string of the molecule is CC1(C)O[C@]1(C)[C@H](O)c1ccc(Cl)cc1. The van der Waals surface area contributed by atoms with Gasteiger partial charge in [-0.2, -0.15) is 0 Å². The Morgan fingerprint density at radius 3 is 2.07 bits per heavy atom. The Labute approximate surface area is 94.8 Å².